The van der Waals surface area contributed by atoms with Gasteiger partial charge in [-0.05, 0) is 30.7 Å². The van der Waals surface area contributed by atoms with Crippen LogP contribution in [-0.2, 0) is 9.59 Å². The first-order chi connectivity index (χ1) is 9.67. The number of anilines is 1. The van der Waals surface area contributed by atoms with Gasteiger partial charge in [-0.2, -0.15) is 0 Å². The summed E-state index contributed by atoms with van der Waals surface area (Å²) in [6.45, 7) is 3.00. The first-order valence-corrected chi connectivity index (χ1v) is 7.01. The van der Waals surface area contributed by atoms with Crippen molar-refractivity contribution in [3.05, 3.63) is 24.3 Å². The summed E-state index contributed by atoms with van der Waals surface area (Å²) < 4.78 is 5.08. The van der Waals surface area contributed by atoms with Crippen LogP contribution in [-0.4, -0.2) is 31.5 Å². The predicted molar refractivity (Wildman–Crippen MR) is 75.6 cm³/mol. The molecule has 108 valence electrons. The maximum atomic E-state index is 12.3. The number of hydrogen-bond acceptors (Lipinski definition) is 3. The Kier molecular flexibility index (Phi) is 4.74. The first-order valence-electron chi connectivity index (χ1n) is 7.01. The highest BCUT2D eigenvalue weighted by Crippen LogP contribution is 2.24. The number of rotatable bonds is 6. The van der Waals surface area contributed by atoms with Crippen molar-refractivity contribution in [2.24, 2.45) is 0 Å². The molecular weight excluding hydrogens is 256 g/mol. The van der Waals surface area contributed by atoms with Crippen molar-refractivity contribution in [1.29, 1.82) is 0 Å². The number of carbonyl (C=O) groups excluding carboxylic acids is 2. The third-order valence-electron chi connectivity index (χ3n) is 3.52. The molecule has 1 aromatic carbocycles. The minimum atomic E-state index is -0.267. The molecule has 1 heterocycles. The van der Waals surface area contributed by atoms with Crippen LogP contribution in [0, 0.1) is 0 Å². The summed E-state index contributed by atoms with van der Waals surface area (Å²) in [5.74, 6) is 0.466. The van der Waals surface area contributed by atoms with E-state index in [1.165, 1.54) is 4.90 Å². The Hall–Kier alpha value is -1.88. The smallest absolute Gasteiger partial charge is 0.292 e. The van der Waals surface area contributed by atoms with E-state index in [0.717, 1.165) is 19.4 Å². The molecule has 0 radical (unpaired) electrons. The number of nitrogens with two attached hydrogens (primary N) is 1. The van der Waals surface area contributed by atoms with Crippen molar-refractivity contribution >= 4 is 17.5 Å². The summed E-state index contributed by atoms with van der Waals surface area (Å²) in [4.78, 5) is 25.6. The average Bonchev–Trinajstić information content (AvgIpc) is 2.74. The molecule has 0 unspecified atom stereocenters. The van der Waals surface area contributed by atoms with Crippen molar-refractivity contribution in [2.45, 2.75) is 32.2 Å². The number of amides is 2. The number of imide groups is 1. The van der Waals surface area contributed by atoms with Crippen molar-refractivity contribution in [2.75, 3.05) is 18.6 Å². The molecule has 5 nitrogen and oxygen atoms in total. The van der Waals surface area contributed by atoms with Gasteiger partial charge in [-0.25, -0.2) is 4.90 Å². The van der Waals surface area contributed by atoms with Gasteiger partial charge in [0.05, 0.1) is 25.8 Å². The van der Waals surface area contributed by atoms with E-state index in [-0.39, 0.29) is 24.3 Å². The number of carbonyl (C=O) groups is 2. The van der Waals surface area contributed by atoms with Gasteiger partial charge in [-0.1, -0.05) is 13.3 Å². The van der Waals surface area contributed by atoms with E-state index in [1.54, 1.807) is 31.4 Å². The van der Waals surface area contributed by atoms with Crippen LogP contribution in [0.5, 0.6) is 5.75 Å². The van der Waals surface area contributed by atoms with Crippen LogP contribution in [0.3, 0.4) is 0 Å². The number of benzene rings is 1. The van der Waals surface area contributed by atoms with E-state index in [2.05, 4.69) is 6.92 Å². The van der Waals surface area contributed by atoms with Crippen LogP contribution < -0.4 is 15.0 Å². The Morgan fingerprint density at radius 1 is 1.30 bits per heavy atom. The van der Waals surface area contributed by atoms with Gasteiger partial charge in [-0.15, -0.1) is 0 Å². The van der Waals surface area contributed by atoms with E-state index < -0.39 is 0 Å². The number of quaternary nitrogens is 1. The SMILES string of the molecule is CCCC[NH2+][C@@H]1CC(=O)N(c2ccc(OC)cc2)C1=O. The van der Waals surface area contributed by atoms with Gasteiger partial charge in [-0.3, -0.25) is 9.59 Å². The maximum Gasteiger partial charge on any atom is 0.292 e. The van der Waals surface area contributed by atoms with Crippen molar-refractivity contribution in [1.82, 2.24) is 0 Å². The van der Waals surface area contributed by atoms with Gasteiger partial charge in [0.1, 0.15) is 5.75 Å². The summed E-state index contributed by atoms with van der Waals surface area (Å²) in [6.07, 6.45) is 2.43. The molecule has 2 amide bonds. The average molecular weight is 277 g/mol. The molecule has 20 heavy (non-hydrogen) atoms. The molecular formula is C15H21N2O3+. The number of unbranched alkanes of at least 4 members (excludes halogenated alkanes) is 1. The van der Waals surface area contributed by atoms with E-state index >= 15 is 0 Å². The molecule has 1 saturated heterocycles. The summed E-state index contributed by atoms with van der Waals surface area (Å²) >= 11 is 0. The number of methoxy groups -OCH3 is 1. The molecule has 0 spiro atoms. The fraction of sp³-hybridized carbons (Fsp3) is 0.467. The Balaban J connectivity index is 2.07. The molecule has 1 fully saturated rings. The zero-order valence-corrected chi connectivity index (χ0v) is 12.0. The van der Waals surface area contributed by atoms with E-state index in [9.17, 15) is 9.59 Å². The zero-order chi connectivity index (χ0) is 14.5. The standard InChI is InChI=1S/C15H20N2O3/c1-3-4-9-16-13-10-14(18)17(15(13)19)11-5-7-12(20-2)8-6-11/h5-8,13,16H,3-4,9-10H2,1-2H3/p+1/t13-/m1/s1. The maximum absolute atomic E-state index is 12.3. The van der Waals surface area contributed by atoms with Crippen molar-refractivity contribution in [3.63, 3.8) is 0 Å². The molecule has 1 atom stereocenters. The fourth-order valence-electron chi connectivity index (χ4n) is 2.37. The summed E-state index contributed by atoms with van der Waals surface area (Å²) in [7, 11) is 1.58. The molecule has 2 rings (SSSR count). The number of ether oxygens (including phenoxy) is 1. The topological polar surface area (TPSA) is 63.2 Å². The first kappa shape index (κ1) is 14.5. The molecule has 0 saturated carbocycles. The Morgan fingerprint density at radius 3 is 2.60 bits per heavy atom. The Labute approximate surface area is 118 Å². The van der Waals surface area contributed by atoms with Crippen LogP contribution in [0.2, 0.25) is 0 Å². The highest BCUT2D eigenvalue weighted by atomic mass is 16.5. The minimum Gasteiger partial charge on any atom is -0.497 e. The number of nitrogens with zero attached hydrogens (tertiary/aromatic N) is 1. The molecule has 1 aliphatic heterocycles. The van der Waals surface area contributed by atoms with Crippen LogP contribution in [0.4, 0.5) is 5.69 Å². The highest BCUT2D eigenvalue weighted by molar-refractivity contribution is 6.21. The van der Waals surface area contributed by atoms with Crippen molar-refractivity contribution in [3.8, 4) is 5.75 Å². The lowest BCUT2D eigenvalue weighted by Gasteiger charge is -2.14. The van der Waals surface area contributed by atoms with E-state index in [0.29, 0.717) is 11.4 Å². The van der Waals surface area contributed by atoms with Gasteiger partial charge in [0.2, 0.25) is 5.91 Å². The van der Waals surface area contributed by atoms with Gasteiger partial charge in [0.15, 0.2) is 6.04 Å². The van der Waals surface area contributed by atoms with Crippen LogP contribution in [0.25, 0.3) is 0 Å². The summed E-state index contributed by atoms with van der Waals surface area (Å²) in [5, 5.41) is 1.98. The van der Waals surface area contributed by atoms with Gasteiger partial charge < -0.3 is 10.1 Å². The lowest BCUT2D eigenvalue weighted by atomic mass is 10.2. The molecule has 1 aliphatic rings. The lowest BCUT2D eigenvalue weighted by Crippen LogP contribution is -2.91. The molecule has 5 heteroatoms. The molecule has 0 bridgehead atoms. The predicted octanol–water partition coefficient (Wildman–Crippen LogP) is 0.691. The molecule has 2 N–H and O–H groups in total. The Morgan fingerprint density at radius 2 is 2.00 bits per heavy atom. The van der Waals surface area contributed by atoms with Gasteiger partial charge in [0, 0.05) is 0 Å². The van der Waals surface area contributed by atoms with Gasteiger partial charge in [0.25, 0.3) is 5.91 Å². The van der Waals surface area contributed by atoms with Crippen molar-refractivity contribution < 1.29 is 19.6 Å². The van der Waals surface area contributed by atoms with E-state index in [1.807, 2.05) is 5.32 Å². The second-order valence-corrected chi connectivity index (χ2v) is 4.95. The third kappa shape index (κ3) is 2.99. The summed E-state index contributed by atoms with van der Waals surface area (Å²) in [5.41, 5.74) is 0.618. The quantitative estimate of drug-likeness (QED) is 0.614. The van der Waals surface area contributed by atoms with Crippen LogP contribution in [0.15, 0.2) is 24.3 Å². The summed E-state index contributed by atoms with van der Waals surface area (Å²) in [6, 6.07) is 6.72. The molecule has 0 aromatic heterocycles. The van der Waals surface area contributed by atoms with Crippen LogP contribution >= 0.6 is 0 Å². The lowest BCUT2D eigenvalue weighted by molar-refractivity contribution is -0.674. The van der Waals surface area contributed by atoms with Gasteiger partial charge >= 0.3 is 0 Å². The highest BCUT2D eigenvalue weighted by Gasteiger charge is 2.41. The minimum absolute atomic E-state index is 0.115. The van der Waals surface area contributed by atoms with E-state index in [4.69, 9.17) is 4.74 Å². The molecule has 1 aromatic rings. The molecule has 0 aliphatic carbocycles. The number of hydrogen-bond donors (Lipinski definition) is 1. The largest absolute Gasteiger partial charge is 0.497 e. The third-order valence-corrected chi connectivity index (χ3v) is 3.52. The fourth-order valence-corrected chi connectivity index (χ4v) is 2.37. The second kappa shape index (κ2) is 6.52. The zero-order valence-electron chi connectivity index (χ0n) is 12.0. The second-order valence-electron chi connectivity index (χ2n) is 4.95. The van der Waals surface area contributed by atoms with Crippen LogP contribution in [0.1, 0.15) is 26.2 Å². The monoisotopic (exact) mass is 277 g/mol. The Bertz CT molecular complexity index is 484. The normalized spacial score (nSPS) is 18.7.